The number of aromatic amines is 1. The van der Waals surface area contributed by atoms with Gasteiger partial charge in [0, 0.05) is 24.4 Å². The van der Waals surface area contributed by atoms with Crippen LogP contribution in [0.2, 0.25) is 0 Å². The first kappa shape index (κ1) is 18.6. The fraction of sp³-hybridized carbons (Fsp3) is 0.538. The Morgan fingerprint density at radius 1 is 1.48 bits per heavy atom. The van der Waals surface area contributed by atoms with Crippen LogP contribution in [0.25, 0.3) is 0 Å². The first-order valence-electron chi connectivity index (χ1n) is 6.71. The summed E-state index contributed by atoms with van der Waals surface area (Å²) in [5.74, 6) is 0. The van der Waals surface area contributed by atoms with Crippen LogP contribution in [0, 0.1) is 10.1 Å². The van der Waals surface area contributed by atoms with Crippen molar-refractivity contribution in [1.82, 2.24) is 10.3 Å². The summed E-state index contributed by atoms with van der Waals surface area (Å²) in [4.78, 5) is 34.6. The normalized spacial score (nSPS) is 14.0. The summed E-state index contributed by atoms with van der Waals surface area (Å²) in [5.41, 5.74) is -2.45. The molecule has 0 fully saturated rings. The van der Waals surface area contributed by atoms with Crippen LogP contribution < -0.4 is 10.9 Å². The van der Waals surface area contributed by atoms with Crippen LogP contribution in [0.4, 0.5) is 10.5 Å². The molecule has 10 heteroatoms. The Balaban J connectivity index is 2.72. The van der Waals surface area contributed by atoms with Crippen molar-refractivity contribution in [2.75, 3.05) is 6.54 Å². The minimum atomic E-state index is -1.54. The zero-order valence-corrected chi connectivity index (χ0v) is 12.9. The number of H-pyrrole nitrogens is 1. The van der Waals surface area contributed by atoms with Crippen LogP contribution in [0.1, 0.15) is 32.4 Å². The molecule has 0 aromatic carbocycles. The lowest BCUT2D eigenvalue weighted by molar-refractivity contribution is -0.386. The number of hydrogen-bond acceptors (Lipinski definition) is 7. The number of alkyl carbamates (subject to hydrolysis) is 1. The number of nitro groups is 1. The summed E-state index contributed by atoms with van der Waals surface area (Å²) in [7, 11) is 0. The van der Waals surface area contributed by atoms with Gasteiger partial charge < -0.3 is 25.3 Å². The fourth-order valence-electron chi connectivity index (χ4n) is 1.63. The summed E-state index contributed by atoms with van der Waals surface area (Å²) in [5, 5.41) is 32.7. The minimum Gasteiger partial charge on any atom is -0.444 e. The highest BCUT2D eigenvalue weighted by atomic mass is 16.6. The van der Waals surface area contributed by atoms with E-state index in [1.165, 1.54) is 0 Å². The molecule has 2 unspecified atom stereocenters. The van der Waals surface area contributed by atoms with Gasteiger partial charge in [0.2, 0.25) is 0 Å². The van der Waals surface area contributed by atoms with Gasteiger partial charge in [-0.1, -0.05) is 0 Å². The number of aromatic nitrogens is 1. The van der Waals surface area contributed by atoms with Gasteiger partial charge in [0.25, 0.3) is 0 Å². The van der Waals surface area contributed by atoms with Crippen LogP contribution >= 0.6 is 0 Å². The Kier molecular flexibility index (Phi) is 5.82. The number of ether oxygens (including phenoxy) is 1. The smallest absolute Gasteiger partial charge is 0.407 e. The topological polar surface area (TPSA) is 155 Å². The Labute approximate surface area is 131 Å². The van der Waals surface area contributed by atoms with Crippen LogP contribution in [0.15, 0.2) is 17.1 Å². The number of nitrogens with one attached hydrogen (secondary N) is 2. The zero-order chi connectivity index (χ0) is 17.8. The lowest BCUT2D eigenvalue weighted by Crippen LogP contribution is -2.39. The summed E-state index contributed by atoms with van der Waals surface area (Å²) < 4.78 is 4.96. The van der Waals surface area contributed by atoms with Gasteiger partial charge in [-0.3, -0.25) is 14.9 Å². The maximum Gasteiger partial charge on any atom is 0.407 e. The summed E-state index contributed by atoms with van der Waals surface area (Å²) in [6.07, 6.45) is -2.72. The average molecular weight is 329 g/mol. The molecular formula is C13H19N3O7. The Hall–Kier alpha value is -2.46. The van der Waals surface area contributed by atoms with E-state index in [9.17, 15) is 29.9 Å². The molecule has 1 amide bonds. The number of pyridine rings is 1. The van der Waals surface area contributed by atoms with E-state index in [0.29, 0.717) is 0 Å². The summed E-state index contributed by atoms with van der Waals surface area (Å²) in [6.45, 7) is 4.65. The predicted octanol–water partition coefficient (Wildman–Crippen LogP) is 0.202. The minimum absolute atomic E-state index is 0.0604. The molecule has 1 rings (SSSR count). The lowest BCUT2D eigenvalue weighted by atomic mass is 10.1. The molecule has 128 valence electrons. The molecule has 1 aromatic heterocycles. The monoisotopic (exact) mass is 329 g/mol. The molecule has 0 saturated heterocycles. The molecular weight excluding hydrogens is 310 g/mol. The second-order valence-electron chi connectivity index (χ2n) is 5.80. The van der Waals surface area contributed by atoms with Gasteiger partial charge in [0.15, 0.2) is 0 Å². The molecule has 0 saturated carbocycles. The van der Waals surface area contributed by atoms with E-state index in [0.717, 1.165) is 12.3 Å². The third-order valence-corrected chi connectivity index (χ3v) is 2.66. The third-order valence-electron chi connectivity index (χ3n) is 2.66. The number of carbonyl (C=O) groups is 1. The van der Waals surface area contributed by atoms with Crippen LogP contribution in [-0.4, -0.2) is 44.5 Å². The molecule has 0 radical (unpaired) electrons. The Morgan fingerprint density at radius 3 is 2.61 bits per heavy atom. The first-order valence-corrected chi connectivity index (χ1v) is 6.71. The molecule has 1 heterocycles. The van der Waals surface area contributed by atoms with Gasteiger partial charge in [0.1, 0.15) is 17.8 Å². The highest BCUT2D eigenvalue weighted by Gasteiger charge is 2.24. The second kappa shape index (κ2) is 7.20. The number of aliphatic hydroxyl groups excluding tert-OH is 2. The average Bonchev–Trinajstić information content (AvgIpc) is 2.42. The SMILES string of the molecule is CC(C)(C)OC(=O)NCC(O)C(O)c1c[nH]c(=O)c([N+](=O)[O-])c1. The van der Waals surface area contributed by atoms with E-state index in [2.05, 4.69) is 10.3 Å². The van der Waals surface area contributed by atoms with Crippen molar-refractivity contribution in [2.45, 2.75) is 38.6 Å². The number of carbonyl (C=O) groups excluding carboxylic acids is 1. The van der Waals surface area contributed by atoms with Gasteiger partial charge in [-0.25, -0.2) is 4.79 Å². The maximum absolute atomic E-state index is 11.4. The number of rotatable bonds is 5. The van der Waals surface area contributed by atoms with Gasteiger partial charge >= 0.3 is 17.3 Å². The second-order valence-corrected chi connectivity index (χ2v) is 5.80. The quantitative estimate of drug-likeness (QED) is 0.444. The van der Waals surface area contributed by atoms with Gasteiger partial charge in [-0.15, -0.1) is 0 Å². The van der Waals surface area contributed by atoms with Crippen molar-refractivity contribution < 1.29 is 24.7 Å². The molecule has 0 bridgehead atoms. The zero-order valence-electron chi connectivity index (χ0n) is 12.9. The van der Waals surface area contributed by atoms with E-state index in [1.54, 1.807) is 20.8 Å². The highest BCUT2D eigenvalue weighted by molar-refractivity contribution is 5.67. The number of nitrogens with zero attached hydrogens (tertiary/aromatic N) is 1. The molecule has 0 aliphatic carbocycles. The van der Waals surface area contributed by atoms with Crippen molar-refractivity contribution in [3.63, 3.8) is 0 Å². The van der Waals surface area contributed by atoms with E-state index in [1.807, 2.05) is 0 Å². The van der Waals surface area contributed by atoms with Crippen molar-refractivity contribution in [2.24, 2.45) is 0 Å². The number of amides is 1. The molecule has 0 aliphatic rings. The van der Waals surface area contributed by atoms with Gasteiger partial charge in [-0.05, 0) is 20.8 Å². The molecule has 10 nitrogen and oxygen atoms in total. The summed E-state index contributed by atoms with van der Waals surface area (Å²) >= 11 is 0. The van der Waals surface area contributed by atoms with E-state index >= 15 is 0 Å². The molecule has 0 spiro atoms. The van der Waals surface area contributed by atoms with Crippen molar-refractivity contribution >= 4 is 11.8 Å². The fourth-order valence-corrected chi connectivity index (χ4v) is 1.63. The number of aliphatic hydroxyl groups is 2. The molecule has 1 aromatic rings. The largest absolute Gasteiger partial charge is 0.444 e. The maximum atomic E-state index is 11.4. The Morgan fingerprint density at radius 2 is 2.09 bits per heavy atom. The summed E-state index contributed by atoms with van der Waals surface area (Å²) in [6, 6.07) is 0.861. The standard InChI is InChI=1S/C13H19N3O7/c1-13(2,3)23-12(20)15-6-9(17)10(18)7-4-8(16(21)22)11(19)14-5-7/h4-5,9-10,17-18H,6H2,1-3H3,(H,14,19)(H,15,20). The predicted molar refractivity (Wildman–Crippen MR) is 78.9 cm³/mol. The Bertz CT molecular complexity index is 635. The van der Waals surface area contributed by atoms with E-state index < -0.39 is 40.1 Å². The lowest BCUT2D eigenvalue weighted by Gasteiger charge is -2.22. The third kappa shape index (κ3) is 5.68. The van der Waals surface area contributed by atoms with E-state index in [-0.39, 0.29) is 12.1 Å². The van der Waals surface area contributed by atoms with Crippen molar-refractivity contribution in [3.8, 4) is 0 Å². The van der Waals surface area contributed by atoms with Gasteiger partial charge in [-0.2, -0.15) is 0 Å². The van der Waals surface area contributed by atoms with Crippen LogP contribution in [0.3, 0.4) is 0 Å². The highest BCUT2D eigenvalue weighted by Crippen LogP contribution is 2.18. The van der Waals surface area contributed by atoms with Crippen LogP contribution in [0.5, 0.6) is 0 Å². The number of hydrogen-bond donors (Lipinski definition) is 4. The first-order chi connectivity index (χ1) is 10.5. The van der Waals surface area contributed by atoms with Crippen LogP contribution in [-0.2, 0) is 4.74 Å². The molecule has 2 atom stereocenters. The van der Waals surface area contributed by atoms with Crippen molar-refractivity contribution in [1.29, 1.82) is 0 Å². The molecule has 0 aliphatic heterocycles. The van der Waals surface area contributed by atoms with E-state index in [4.69, 9.17) is 4.74 Å². The molecule has 4 N–H and O–H groups in total. The van der Waals surface area contributed by atoms with Crippen molar-refractivity contribution in [3.05, 3.63) is 38.3 Å². The van der Waals surface area contributed by atoms with Gasteiger partial charge in [0.05, 0.1) is 4.92 Å². The molecule has 23 heavy (non-hydrogen) atoms.